The molecule has 0 aromatic rings. The van der Waals surface area contributed by atoms with Gasteiger partial charge in [-0.2, -0.15) is 0 Å². The Morgan fingerprint density at radius 2 is 1.88 bits per heavy atom. The van der Waals surface area contributed by atoms with Crippen molar-refractivity contribution in [1.29, 1.82) is 0 Å². The lowest BCUT2D eigenvalue weighted by atomic mass is 10.4. The maximum Gasteiger partial charge on any atom is 0.205 e. The van der Waals surface area contributed by atoms with Crippen LogP contribution in [-0.4, -0.2) is 12.6 Å². The van der Waals surface area contributed by atoms with Crippen LogP contribution in [0, 0.1) is 0 Å². The van der Waals surface area contributed by atoms with Crippen molar-refractivity contribution in [2.24, 2.45) is 5.73 Å². The summed E-state index contributed by atoms with van der Waals surface area (Å²) < 4.78 is 0. The van der Waals surface area contributed by atoms with Crippen LogP contribution in [0.4, 0.5) is 0 Å². The smallest absolute Gasteiger partial charge is 0.205 e. The van der Waals surface area contributed by atoms with E-state index in [9.17, 15) is 9.59 Å². The summed E-state index contributed by atoms with van der Waals surface area (Å²) in [4.78, 5) is 19.5. The minimum Gasteiger partial charge on any atom is -0.391 e. The Balaban J connectivity index is 4.25. The van der Waals surface area contributed by atoms with Gasteiger partial charge in [0, 0.05) is 0 Å². The van der Waals surface area contributed by atoms with Crippen LogP contribution in [0.25, 0.3) is 0 Å². The Morgan fingerprint density at radius 3 is 2.00 bits per heavy atom. The molecule has 0 spiro atoms. The molecule has 0 saturated heterocycles. The number of aldehydes is 2. The quantitative estimate of drug-likeness (QED) is 0.316. The summed E-state index contributed by atoms with van der Waals surface area (Å²) in [6.45, 7) is 0. The van der Waals surface area contributed by atoms with Crippen LogP contribution in [0.2, 0.25) is 0 Å². The SMILES string of the molecule is NC(C=O)=C([NH3+])C=O. The molecule has 0 aromatic carbocycles. The van der Waals surface area contributed by atoms with Gasteiger partial charge in [-0.1, -0.05) is 0 Å². The van der Waals surface area contributed by atoms with Crippen molar-refractivity contribution >= 4 is 12.6 Å². The van der Waals surface area contributed by atoms with Crippen LogP contribution >= 0.6 is 0 Å². The largest absolute Gasteiger partial charge is 0.391 e. The fraction of sp³-hybridized carbons (Fsp3) is 0. The van der Waals surface area contributed by atoms with E-state index in [4.69, 9.17) is 5.73 Å². The highest BCUT2D eigenvalue weighted by Gasteiger charge is 1.96. The number of carbonyl (C=O) groups excluding carboxylic acids is 2. The first-order valence-corrected chi connectivity index (χ1v) is 1.94. The van der Waals surface area contributed by atoms with Gasteiger partial charge in [0.15, 0.2) is 12.0 Å². The third-order valence-electron chi connectivity index (χ3n) is 0.640. The first-order valence-electron chi connectivity index (χ1n) is 1.94. The van der Waals surface area contributed by atoms with E-state index < -0.39 is 0 Å². The molecule has 5 N–H and O–H groups in total. The van der Waals surface area contributed by atoms with Crippen molar-refractivity contribution in [2.75, 3.05) is 0 Å². The Hall–Kier alpha value is -1.16. The van der Waals surface area contributed by atoms with E-state index in [1.54, 1.807) is 0 Å². The topological polar surface area (TPSA) is 87.8 Å². The summed E-state index contributed by atoms with van der Waals surface area (Å²) in [6.07, 6.45) is 0.820. The van der Waals surface area contributed by atoms with E-state index in [2.05, 4.69) is 5.73 Å². The summed E-state index contributed by atoms with van der Waals surface area (Å²) in [5, 5.41) is 0. The monoisotopic (exact) mass is 115 g/mol. The molecule has 0 aromatic heterocycles. The van der Waals surface area contributed by atoms with Gasteiger partial charge in [-0.15, -0.1) is 0 Å². The van der Waals surface area contributed by atoms with E-state index in [0.29, 0.717) is 12.6 Å². The first kappa shape index (κ1) is 6.84. The fourth-order valence-corrected chi connectivity index (χ4v) is 0.144. The minimum absolute atomic E-state index is 0.0278. The second-order valence-electron chi connectivity index (χ2n) is 1.22. The molecule has 0 bridgehead atoms. The lowest BCUT2D eigenvalue weighted by molar-refractivity contribution is -0.296. The van der Waals surface area contributed by atoms with Gasteiger partial charge in [-0.05, 0) is 0 Å². The lowest BCUT2D eigenvalue weighted by Crippen LogP contribution is -2.50. The van der Waals surface area contributed by atoms with Crippen molar-refractivity contribution in [3.05, 3.63) is 11.4 Å². The number of hydrogen-bond acceptors (Lipinski definition) is 3. The zero-order chi connectivity index (χ0) is 6.57. The van der Waals surface area contributed by atoms with Crippen LogP contribution < -0.4 is 11.5 Å². The molecule has 0 fully saturated rings. The zero-order valence-electron chi connectivity index (χ0n) is 4.26. The standard InChI is InChI=1S/C4H6N2O2/c5-3(1-7)4(6)2-8/h1-2H,5-6H2/p+1. The van der Waals surface area contributed by atoms with Gasteiger partial charge in [0.25, 0.3) is 0 Å². The Labute approximate surface area is 46.1 Å². The second-order valence-corrected chi connectivity index (χ2v) is 1.22. The number of carbonyl (C=O) groups is 2. The molecule has 0 atom stereocenters. The summed E-state index contributed by atoms with van der Waals surface area (Å²) in [6, 6.07) is 0. The molecule has 0 aliphatic carbocycles. The van der Waals surface area contributed by atoms with Gasteiger partial charge in [0.05, 0.1) is 0 Å². The summed E-state index contributed by atoms with van der Waals surface area (Å²) in [5.74, 6) is 0. The van der Waals surface area contributed by atoms with E-state index in [1.165, 1.54) is 0 Å². The Morgan fingerprint density at radius 1 is 1.38 bits per heavy atom. The maximum atomic E-state index is 9.75. The molecule has 0 amide bonds. The van der Waals surface area contributed by atoms with E-state index in [1.807, 2.05) is 0 Å². The predicted octanol–water partition coefficient (Wildman–Crippen LogP) is -2.20. The number of rotatable bonds is 2. The molecule has 0 unspecified atom stereocenters. The number of quaternary nitrogens is 1. The van der Waals surface area contributed by atoms with Gasteiger partial charge in [-0.3, -0.25) is 9.59 Å². The first-order chi connectivity index (χ1) is 3.72. The molecule has 44 valence electrons. The Bertz CT molecular complexity index is 123. The molecule has 0 saturated carbocycles. The van der Waals surface area contributed by atoms with Gasteiger partial charge in [0.2, 0.25) is 6.29 Å². The number of allylic oxidation sites excluding steroid dienone is 2. The molecule has 0 rings (SSSR count). The molecule has 0 radical (unpaired) electrons. The number of hydrogen-bond donors (Lipinski definition) is 2. The molecule has 4 nitrogen and oxygen atoms in total. The van der Waals surface area contributed by atoms with Crippen molar-refractivity contribution in [2.45, 2.75) is 0 Å². The molecular formula is C4H7N2O2+. The van der Waals surface area contributed by atoms with Gasteiger partial charge in [-0.25, -0.2) is 0 Å². The molecule has 4 heteroatoms. The second kappa shape index (κ2) is 2.92. The van der Waals surface area contributed by atoms with Gasteiger partial charge < -0.3 is 11.5 Å². The van der Waals surface area contributed by atoms with Crippen LogP contribution in [0.3, 0.4) is 0 Å². The molecule has 8 heavy (non-hydrogen) atoms. The molecule has 0 aliphatic heterocycles. The maximum absolute atomic E-state index is 9.75. The summed E-state index contributed by atoms with van der Waals surface area (Å²) >= 11 is 0. The van der Waals surface area contributed by atoms with Crippen LogP contribution in [0.15, 0.2) is 11.4 Å². The van der Waals surface area contributed by atoms with Crippen LogP contribution in [0.1, 0.15) is 0 Å². The normalized spacial score (nSPS) is 12.1. The minimum atomic E-state index is -0.111. The zero-order valence-corrected chi connectivity index (χ0v) is 4.26. The van der Waals surface area contributed by atoms with Gasteiger partial charge in [0.1, 0.15) is 5.70 Å². The van der Waals surface area contributed by atoms with Crippen LogP contribution in [0.5, 0.6) is 0 Å². The van der Waals surface area contributed by atoms with Crippen molar-refractivity contribution in [3.8, 4) is 0 Å². The van der Waals surface area contributed by atoms with E-state index in [-0.39, 0.29) is 11.4 Å². The van der Waals surface area contributed by atoms with Gasteiger partial charge >= 0.3 is 0 Å². The van der Waals surface area contributed by atoms with E-state index >= 15 is 0 Å². The van der Waals surface area contributed by atoms with E-state index in [0.717, 1.165) is 0 Å². The highest BCUT2D eigenvalue weighted by Crippen LogP contribution is 1.75. The fourth-order valence-electron chi connectivity index (χ4n) is 0.144. The highest BCUT2D eigenvalue weighted by atomic mass is 16.1. The summed E-state index contributed by atoms with van der Waals surface area (Å²) in [7, 11) is 0. The molecule has 0 aliphatic rings. The summed E-state index contributed by atoms with van der Waals surface area (Å²) in [5.41, 5.74) is 8.04. The third-order valence-corrected chi connectivity index (χ3v) is 0.640. The average Bonchev–Trinajstić information content (AvgIpc) is 1.84. The van der Waals surface area contributed by atoms with Crippen molar-refractivity contribution < 1.29 is 15.3 Å². The average molecular weight is 115 g/mol. The highest BCUT2D eigenvalue weighted by molar-refractivity contribution is 5.82. The Kier molecular flexibility index (Phi) is 2.50. The lowest BCUT2D eigenvalue weighted by Gasteiger charge is -1.82. The molecular weight excluding hydrogens is 108 g/mol. The van der Waals surface area contributed by atoms with Crippen molar-refractivity contribution in [1.82, 2.24) is 0 Å². The van der Waals surface area contributed by atoms with Crippen molar-refractivity contribution in [3.63, 3.8) is 0 Å². The predicted molar refractivity (Wildman–Crippen MR) is 26.2 cm³/mol. The third kappa shape index (κ3) is 1.53. The number of nitrogens with two attached hydrogens (primary N) is 1. The van der Waals surface area contributed by atoms with Crippen LogP contribution in [-0.2, 0) is 9.59 Å². The molecule has 0 heterocycles.